The number of allylic oxidation sites excluding steroid dienone is 3. The highest BCUT2D eigenvalue weighted by molar-refractivity contribution is 5.27. The molecule has 0 fully saturated rings. The van der Waals surface area contributed by atoms with Gasteiger partial charge in [-0.15, -0.1) is 11.8 Å². The van der Waals surface area contributed by atoms with Gasteiger partial charge in [0.05, 0.1) is 0 Å². The summed E-state index contributed by atoms with van der Waals surface area (Å²) in [7, 11) is 2.24. The van der Waals surface area contributed by atoms with Crippen molar-refractivity contribution in [3.05, 3.63) is 23.3 Å². The van der Waals surface area contributed by atoms with E-state index >= 15 is 0 Å². The van der Waals surface area contributed by atoms with E-state index in [-0.39, 0.29) is 0 Å². The molecule has 2 aliphatic rings. The summed E-state index contributed by atoms with van der Waals surface area (Å²) in [4.78, 5) is 2.48. The molecule has 114 valence electrons. The van der Waals surface area contributed by atoms with Crippen molar-refractivity contribution in [3.8, 4) is 11.8 Å². The maximum atomic E-state index is 3.24. The van der Waals surface area contributed by atoms with E-state index < -0.39 is 0 Å². The molecule has 1 heteroatoms. The van der Waals surface area contributed by atoms with Crippen LogP contribution in [0.5, 0.6) is 0 Å². The molecule has 0 bridgehead atoms. The minimum atomic E-state index is 0.674. The van der Waals surface area contributed by atoms with Gasteiger partial charge in [-0.25, -0.2) is 0 Å². The summed E-state index contributed by atoms with van der Waals surface area (Å²) in [6, 6.07) is 0.674. The van der Waals surface area contributed by atoms with Crippen molar-refractivity contribution in [2.24, 2.45) is 0 Å². The van der Waals surface area contributed by atoms with E-state index in [2.05, 4.69) is 42.9 Å². The van der Waals surface area contributed by atoms with Crippen molar-refractivity contribution in [2.45, 2.75) is 72.8 Å². The van der Waals surface area contributed by atoms with Crippen molar-refractivity contribution in [2.75, 3.05) is 13.6 Å². The summed E-state index contributed by atoms with van der Waals surface area (Å²) in [5.74, 6) is 6.42. The zero-order chi connectivity index (χ0) is 15.4. The molecule has 0 saturated carbocycles. The lowest BCUT2D eigenvalue weighted by molar-refractivity contribution is 0.248. The van der Waals surface area contributed by atoms with Gasteiger partial charge >= 0.3 is 0 Å². The summed E-state index contributed by atoms with van der Waals surface area (Å²) >= 11 is 0. The first-order chi connectivity index (χ1) is 9.75. The second-order valence-corrected chi connectivity index (χ2v) is 4.95. The predicted octanol–water partition coefficient (Wildman–Crippen LogP) is 5.19. The molecule has 0 saturated heterocycles. The highest BCUT2D eigenvalue weighted by Gasteiger charge is 2.16. The molecule has 0 aromatic heterocycles. The Hall–Kier alpha value is -1.00. The van der Waals surface area contributed by atoms with Crippen LogP contribution < -0.4 is 0 Å². The first kappa shape index (κ1) is 19.0. The smallest absolute Gasteiger partial charge is 0.0245 e. The Kier molecular flexibility index (Phi) is 11.2. The Labute approximate surface area is 127 Å². The van der Waals surface area contributed by atoms with Gasteiger partial charge < -0.3 is 0 Å². The molecule has 1 atom stereocenters. The fraction of sp³-hybridized carbons (Fsp3) is 0.684. The lowest BCUT2D eigenvalue weighted by Crippen LogP contribution is -2.34. The van der Waals surface area contributed by atoms with Crippen molar-refractivity contribution in [1.29, 1.82) is 0 Å². The number of likely N-dealkylation sites (N-methyl/N-ethyl adjacent to an activating group) is 1. The number of hydrogen-bond acceptors (Lipinski definition) is 1. The monoisotopic (exact) mass is 275 g/mol. The third-order valence-corrected chi connectivity index (χ3v) is 3.50. The van der Waals surface area contributed by atoms with Crippen molar-refractivity contribution in [3.63, 3.8) is 0 Å². The van der Waals surface area contributed by atoms with Gasteiger partial charge in [0.25, 0.3) is 0 Å². The van der Waals surface area contributed by atoms with Crippen molar-refractivity contribution >= 4 is 0 Å². The molecule has 1 unspecified atom stereocenters. The molecular weight excluding hydrogens is 242 g/mol. The normalized spacial score (nSPS) is 20.2. The number of nitrogens with zero attached hydrogens (tertiary/aromatic N) is 1. The van der Waals surface area contributed by atoms with Crippen LogP contribution in [-0.2, 0) is 0 Å². The van der Waals surface area contributed by atoms with Crippen LogP contribution in [0.3, 0.4) is 0 Å². The van der Waals surface area contributed by atoms with E-state index in [4.69, 9.17) is 0 Å². The van der Waals surface area contributed by atoms with E-state index in [0.29, 0.717) is 6.04 Å². The first-order valence-corrected chi connectivity index (χ1v) is 8.28. The maximum Gasteiger partial charge on any atom is 0.0245 e. The molecule has 0 spiro atoms. The summed E-state index contributed by atoms with van der Waals surface area (Å²) in [6.45, 7) is 11.3. The van der Waals surface area contributed by atoms with E-state index in [1.54, 1.807) is 5.57 Å². The Morgan fingerprint density at radius 1 is 1.20 bits per heavy atom. The van der Waals surface area contributed by atoms with Crippen LogP contribution in [0, 0.1) is 11.8 Å². The first-order valence-electron chi connectivity index (χ1n) is 8.28. The molecule has 2 rings (SSSR count). The third-order valence-electron chi connectivity index (χ3n) is 3.50. The summed E-state index contributed by atoms with van der Waals surface area (Å²) in [6.07, 6.45) is 10.5. The summed E-state index contributed by atoms with van der Waals surface area (Å²) in [5.41, 5.74) is 3.01. The predicted molar refractivity (Wildman–Crippen MR) is 91.8 cm³/mol. The summed E-state index contributed by atoms with van der Waals surface area (Å²) in [5, 5.41) is 0. The van der Waals surface area contributed by atoms with E-state index in [1.807, 2.05) is 27.7 Å². The Bertz CT molecular complexity index is 365. The van der Waals surface area contributed by atoms with Gasteiger partial charge in [-0.1, -0.05) is 51.0 Å². The van der Waals surface area contributed by atoms with Gasteiger partial charge in [-0.3, -0.25) is 4.90 Å². The molecule has 1 nitrogen and oxygen atoms in total. The Morgan fingerprint density at radius 3 is 2.45 bits per heavy atom. The van der Waals surface area contributed by atoms with Crippen LogP contribution in [0.1, 0.15) is 66.7 Å². The third kappa shape index (κ3) is 6.96. The van der Waals surface area contributed by atoms with Gasteiger partial charge in [0.2, 0.25) is 0 Å². The zero-order valence-corrected chi connectivity index (χ0v) is 14.4. The van der Waals surface area contributed by atoms with Crippen LogP contribution in [0.15, 0.2) is 23.3 Å². The van der Waals surface area contributed by atoms with Gasteiger partial charge in [0, 0.05) is 25.4 Å². The molecule has 0 radical (unpaired) electrons. The molecule has 20 heavy (non-hydrogen) atoms. The number of hydrogen-bond donors (Lipinski definition) is 0. The Balaban J connectivity index is 0.000000829. The average Bonchev–Trinajstić information content (AvgIpc) is 2.52. The van der Waals surface area contributed by atoms with Gasteiger partial charge in [0.1, 0.15) is 0 Å². The quantitative estimate of drug-likeness (QED) is 0.640. The second-order valence-electron chi connectivity index (χ2n) is 4.95. The standard InChI is InChI=1S/C15H21N.2C2H6/c1-13-7-6-8-14(11-13)12-16(2)15-9-4-3-5-10-15;2*1-2/h7,11,15H,4,6,8-10,12H2,1-2H3;2*1-2H3. The maximum absolute atomic E-state index is 3.24. The molecule has 0 aliphatic heterocycles. The van der Waals surface area contributed by atoms with Gasteiger partial charge in [0.15, 0.2) is 0 Å². The second kappa shape index (κ2) is 11.8. The fourth-order valence-electron chi connectivity index (χ4n) is 2.51. The molecule has 0 heterocycles. The lowest BCUT2D eigenvalue weighted by atomic mass is 9.98. The van der Waals surface area contributed by atoms with E-state index in [0.717, 1.165) is 19.4 Å². The molecule has 0 aromatic carbocycles. The van der Waals surface area contributed by atoms with Crippen LogP contribution in [0.4, 0.5) is 0 Å². The highest BCUT2D eigenvalue weighted by Crippen LogP contribution is 2.20. The fourth-order valence-corrected chi connectivity index (χ4v) is 2.51. The lowest BCUT2D eigenvalue weighted by Gasteiger charge is -2.29. The van der Waals surface area contributed by atoms with E-state index in [9.17, 15) is 0 Å². The topological polar surface area (TPSA) is 3.24 Å². The molecular formula is C19H33N. The Morgan fingerprint density at radius 2 is 1.90 bits per heavy atom. The van der Waals surface area contributed by atoms with Gasteiger partial charge in [-0.2, -0.15) is 0 Å². The van der Waals surface area contributed by atoms with Gasteiger partial charge in [-0.05, 0) is 33.2 Å². The largest absolute Gasteiger partial charge is 0.299 e. The van der Waals surface area contributed by atoms with E-state index in [1.165, 1.54) is 24.8 Å². The minimum absolute atomic E-state index is 0.674. The number of rotatable bonds is 3. The molecule has 0 amide bonds. The van der Waals surface area contributed by atoms with Crippen molar-refractivity contribution < 1.29 is 0 Å². The minimum Gasteiger partial charge on any atom is -0.299 e. The SMILES string of the molecule is CC.CC.CC1=CCCC(CN(C)C2CC#CCC2)=C1. The van der Waals surface area contributed by atoms with Crippen LogP contribution in [0.25, 0.3) is 0 Å². The summed E-state index contributed by atoms with van der Waals surface area (Å²) < 4.78 is 0. The van der Waals surface area contributed by atoms with Crippen LogP contribution >= 0.6 is 0 Å². The zero-order valence-electron chi connectivity index (χ0n) is 14.4. The van der Waals surface area contributed by atoms with Crippen molar-refractivity contribution in [1.82, 2.24) is 4.90 Å². The highest BCUT2D eigenvalue weighted by atomic mass is 15.1. The average molecular weight is 275 g/mol. The molecule has 0 N–H and O–H groups in total. The van der Waals surface area contributed by atoms with Crippen LogP contribution in [0.2, 0.25) is 0 Å². The molecule has 2 aliphatic carbocycles. The molecule has 0 aromatic rings. The van der Waals surface area contributed by atoms with Crippen LogP contribution in [-0.4, -0.2) is 24.5 Å².